The average molecular weight is 469 g/mol. The monoisotopic (exact) mass is 468 g/mol. The third-order valence-corrected chi connectivity index (χ3v) is 5.22. The lowest BCUT2D eigenvalue weighted by Gasteiger charge is -2.32. The average Bonchev–Trinajstić information content (AvgIpc) is 3.18. The Hall–Kier alpha value is -2.67. The first-order valence-electron chi connectivity index (χ1n) is 10.8. The molecule has 8 N–H and O–H groups in total. The van der Waals surface area contributed by atoms with Crippen molar-refractivity contribution >= 4 is 23.7 Å². The molecule has 0 aliphatic heterocycles. The zero-order valence-corrected chi connectivity index (χ0v) is 19.7. The van der Waals surface area contributed by atoms with Gasteiger partial charge in [0, 0.05) is 12.6 Å². The first-order chi connectivity index (χ1) is 15.2. The van der Waals surface area contributed by atoms with Gasteiger partial charge in [0.1, 0.15) is 18.4 Å². The summed E-state index contributed by atoms with van der Waals surface area (Å²) in [7, 11) is 0. The summed E-state index contributed by atoms with van der Waals surface area (Å²) in [6.45, 7) is 8.39. The van der Waals surface area contributed by atoms with Gasteiger partial charge in [0.25, 0.3) is 5.91 Å². The Balaban J connectivity index is 3.32. The summed E-state index contributed by atoms with van der Waals surface area (Å²) in [6.07, 6.45) is 1.12. The van der Waals surface area contributed by atoms with Crippen LogP contribution in [-0.2, 0) is 20.8 Å². The number of carboxylic acid groups (broad SMARTS) is 1. The molecular formula is C21H36N6O6. The highest BCUT2D eigenvalue weighted by Gasteiger charge is 2.40. The summed E-state index contributed by atoms with van der Waals surface area (Å²) in [5.41, 5.74) is 17.7. The van der Waals surface area contributed by atoms with Gasteiger partial charge in [-0.15, -0.1) is 0 Å². The number of hydrogen-bond acceptors (Lipinski definition) is 9. The highest BCUT2D eigenvalue weighted by molar-refractivity contribution is 6.03. The number of aliphatic hydroxyl groups excluding tert-OH is 1. The van der Waals surface area contributed by atoms with Crippen LogP contribution in [0.25, 0.3) is 0 Å². The topological polar surface area (TPSA) is 208 Å². The van der Waals surface area contributed by atoms with E-state index in [0.29, 0.717) is 4.90 Å². The molecule has 0 aliphatic rings. The summed E-state index contributed by atoms with van der Waals surface area (Å²) in [6, 6.07) is -5.07. The molecule has 33 heavy (non-hydrogen) atoms. The molecule has 0 radical (unpaired) electrons. The molecule has 0 aromatic carbocycles. The summed E-state index contributed by atoms with van der Waals surface area (Å²) in [5.74, 6) is -4.13. The van der Waals surface area contributed by atoms with E-state index in [-0.39, 0.29) is 30.4 Å². The molecule has 12 heteroatoms. The zero-order valence-electron chi connectivity index (χ0n) is 19.7. The lowest BCUT2D eigenvalue weighted by Crippen LogP contribution is -2.59. The fourth-order valence-corrected chi connectivity index (χ4v) is 3.10. The Kier molecular flexibility index (Phi) is 10.3. The van der Waals surface area contributed by atoms with E-state index in [2.05, 4.69) is 4.98 Å². The molecule has 0 saturated heterocycles. The van der Waals surface area contributed by atoms with Gasteiger partial charge in [0.05, 0.1) is 23.9 Å². The maximum absolute atomic E-state index is 13.1. The van der Waals surface area contributed by atoms with Crippen LogP contribution < -0.4 is 17.2 Å². The molecule has 186 valence electrons. The molecule has 1 aromatic heterocycles. The number of nitrogens with two attached hydrogens (primary N) is 3. The van der Waals surface area contributed by atoms with Crippen LogP contribution in [0, 0.1) is 11.8 Å². The number of carbonyl (C=O) groups excluding carboxylic acids is 3. The van der Waals surface area contributed by atoms with E-state index in [0.717, 1.165) is 10.9 Å². The number of imide groups is 1. The number of aromatic nitrogens is 2. The van der Waals surface area contributed by atoms with Gasteiger partial charge >= 0.3 is 5.97 Å². The summed E-state index contributed by atoms with van der Waals surface area (Å²) >= 11 is 0. The molecule has 2 amide bonds. The van der Waals surface area contributed by atoms with Crippen LogP contribution >= 0.6 is 0 Å². The van der Waals surface area contributed by atoms with Crippen LogP contribution in [0.15, 0.2) is 12.5 Å². The van der Waals surface area contributed by atoms with Crippen LogP contribution in [0.1, 0.15) is 51.5 Å². The van der Waals surface area contributed by atoms with Crippen LogP contribution in [0.2, 0.25) is 0 Å². The van der Waals surface area contributed by atoms with E-state index in [9.17, 15) is 29.4 Å². The number of amides is 2. The number of aliphatic hydroxyl groups is 1. The molecule has 1 aromatic rings. The van der Waals surface area contributed by atoms with E-state index < -0.39 is 54.0 Å². The lowest BCUT2D eigenvalue weighted by molar-refractivity contribution is -0.159. The number of nitrogens with zero attached hydrogens (tertiary/aromatic N) is 3. The molecular weight excluding hydrogens is 432 g/mol. The van der Waals surface area contributed by atoms with Crippen molar-refractivity contribution in [3.63, 3.8) is 0 Å². The van der Waals surface area contributed by atoms with E-state index in [4.69, 9.17) is 17.2 Å². The van der Waals surface area contributed by atoms with E-state index in [1.807, 2.05) is 13.8 Å². The Morgan fingerprint density at radius 1 is 1.03 bits per heavy atom. The van der Waals surface area contributed by atoms with Gasteiger partial charge in [-0.3, -0.25) is 23.9 Å². The minimum Gasteiger partial charge on any atom is -0.480 e. The van der Waals surface area contributed by atoms with Gasteiger partial charge < -0.3 is 27.4 Å². The predicted molar refractivity (Wildman–Crippen MR) is 120 cm³/mol. The Morgan fingerprint density at radius 3 is 2.06 bits per heavy atom. The van der Waals surface area contributed by atoms with Crippen molar-refractivity contribution in [3.8, 4) is 0 Å². The van der Waals surface area contributed by atoms with Crippen LogP contribution in [0.4, 0.5) is 0 Å². The lowest BCUT2D eigenvalue weighted by atomic mass is 9.98. The molecule has 0 bridgehead atoms. The molecule has 1 heterocycles. The molecule has 1 rings (SSSR count). The van der Waals surface area contributed by atoms with Crippen molar-refractivity contribution in [2.24, 2.45) is 29.0 Å². The minimum atomic E-state index is -1.64. The van der Waals surface area contributed by atoms with Crippen molar-refractivity contribution in [2.75, 3.05) is 0 Å². The largest absolute Gasteiger partial charge is 0.480 e. The van der Waals surface area contributed by atoms with Crippen molar-refractivity contribution in [1.82, 2.24) is 14.5 Å². The molecule has 12 nitrogen and oxygen atoms in total. The second kappa shape index (κ2) is 12.0. The van der Waals surface area contributed by atoms with Gasteiger partial charge in [-0.05, 0) is 25.2 Å². The Bertz CT molecular complexity index is 852. The number of imidazole rings is 1. The second-order valence-corrected chi connectivity index (χ2v) is 8.99. The summed E-state index contributed by atoms with van der Waals surface area (Å²) in [5, 5.41) is 19.4. The van der Waals surface area contributed by atoms with Crippen molar-refractivity contribution < 1.29 is 29.4 Å². The number of hydrogen-bond donors (Lipinski definition) is 5. The van der Waals surface area contributed by atoms with E-state index in [1.54, 1.807) is 13.8 Å². The van der Waals surface area contributed by atoms with Gasteiger partial charge in [-0.2, -0.15) is 0 Å². The van der Waals surface area contributed by atoms with Crippen LogP contribution in [0.5, 0.6) is 0 Å². The number of aliphatic carboxylic acids is 1. The standard InChI is InChI=1S/C21H36N6O6/c1-10(2)6-14(22)18(29)27(20(31)16(23)11(3)4)15(21(32)33)7-13-8-26(9-25-13)19(30)17(24)12(5)28/h8-12,14-17,28H,6-7,22-24H2,1-5H3,(H,32,33). The molecule has 0 aliphatic carbocycles. The highest BCUT2D eigenvalue weighted by atomic mass is 16.4. The first-order valence-corrected chi connectivity index (χ1v) is 10.8. The third kappa shape index (κ3) is 7.42. The molecule has 0 saturated carbocycles. The smallest absolute Gasteiger partial charge is 0.327 e. The molecule has 5 atom stereocenters. The summed E-state index contributed by atoms with van der Waals surface area (Å²) in [4.78, 5) is 55.2. The third-order valence-electron chi connectivity index (χ3n) is 5.22. The molecule has 0 spiro atoms. The normalized spacial score (nSPS) is 16.2. The van der Waals surface area contributed by atoms with Crippen molar-refractivity contribution in [1.29, 1.82) is 0 Å². The van der Waals surface area contributed by atoms with Crippen LogP contribution in [0.3, 0.4) is 0 Å². The Morgan fingerprint density at radius 2 is 1.61 bits per heavy atom. The fourth-order valence-electron chi connectivity index (χ4n) is 3.10. The predicted octanol–water partition coefficient (Wildman–Crippen LogP) is -1.06. The van der Waals surface area contributed by atoms with Gasteiger partial charge in [-0.1, -0.05) is 27.7 Å². The molecule has 0 fully saturated rings. The number of carbonyl (C=O) groups is 4. The maximum Gasteiger partial charge on any atom is 0.327 e. The maximum atomic E-state index is 13.1. The van der Waals surface area contributed by atoms with E-state index in [1.165, 1.54) is 13.1 Å². The summed E-state index contributed by atoms with van der Waals surface area (Å²) < 4.78 is 1.02. The van der Waals surface area contributed by atoms with Gasteiger partial charge in [0.2, 0.25) is 11.8 Å². The quantitative estimate of drug-likeness (QED) is 0.266. The van der Waals surface area contributed by atoms with Crippen molar-refractivity contribution in [3.05, 3.63) is 18.2 Å². The fraction of sp³-hybridized carbons (Fsp3) is 0.667. The zero-order chi connectivity index (χ0) is 25.6. The molecule has 5 unspecified atom stereocenters. The second-order valence-electron chi connectivity index (χ2n) is 8.99. The van der Waals surface area contributed by atoms with Gasteiger partial charge in [0.15, 0.2) is 0 Å². The van der Waals surface area contributed by atoms with Gasteiger partial charge in [-0.25, -0.2) is 9.78 Å². The SMILES string of the molecule is CC(C)CC(N)C(=O)N(C(=O)C(N)C(C)C)C(Cc1cn(C(=O)C(N)C(C)O)cn1)C(=O)O. The van der Waals surface area contributed by atoms with Crippen molar-refractivity contribution in [2.45, 2.75) is 77.7 Å². The minimum absolute atomic E-state index is 0.0304. The number of carboxylic acids is 1. The number of rotatable bonds is 11. The first kappa shape index (κ1) is 28.4. The highest BCUT2D eigenvalue weighted by Crippen LogP contribution is 2.16. The van der Waals surface area contributed by atoms with Crippen LogP contribution in [-0.4, -0.2) is 78.6 Å². The Labute approximate surface area is 193 Å². The van der Waals surface area contributed by atoms with E-state index >= 15 is 0 Å².